The van der Waals surface area contributed by atoms with Gasteiger partial charge in [-0.25, -0.2) is 13.6 Å². The lowest BCUT2D eigenvalue weighted by Gasteiger charge is -1.97. The zero-order chi connectivity index (χ0) is 11.5. The van der Waals surface area contributed by atoms with Gasteiger partial charge in [-0.3, -0.25) is 4.79 Å². The summed E-state index contributed by atoms with van der Waals surface area (Å²) in [5.74, 6) is -0.564. The maximum absolute atomic E-state index is 10.9. The molecule has 0 atom stereocenters. The summed E-state index contributed by atoms with van der Waals surface area (Å²) in [6.45, 7) is 0. The van der Waals surface area contributed by atoms with Crippen molar-refractivity contribution in [3.8, 4) is 0 Å². The third kappa shape index (κ3) is 3.53. The van der Waals surface area contributed by atoms with Gasteiger partial charge in [0.15, 0.2) is 0 Å². The van der Waals surface area contributed by atoms with E-state index in [1.54, 1.807) is 0 Å². The molecule has 0 saturated heterocycles. The standard InChI is InChI=1S/C9H10N2O3S/c10-9(12)6-3-7-1-4-8(5-2-7)15(11,13)14/h1-6H,(H2,10,12)(H2,11,13,14). The number of carbonyl (C=O) groups is 1. The third-order valence-corrected chi connectivity index (χ3v) is 2.58. The van der Waals surface area contributed by atoms with E-state index < -0.39 is 15.9 Å². The Balaban J connectivity index is 2.96. The molecule has 15 heavy (non-hydrogen) atoms. The van der Waals surface area contributed by atoms with E-state index in [-0.39, 0.29) is 4.90 Å². The number of sulfonamides is 1. The molecule has 0 aliphatic heterocycles. The molecule has 0 heterocycles. The van der Waals surface area contributed by atoms with Gasteiger partial charge in [0.05, 0.1) is 4.90 Å². The number of hydrogen-bond donors (Lipinski definition) is 2. The SMILES string of the molecule is NC(=O)C=Cc1ccc(S(N)(=O)=O)cc1. The first kappa shape index (κ1) is 11.4. The summed E-state index contributed by atoms with van der Waals surface area (Å²) in [5.41, 5.74) is 5.57. The van der Waals surface area contributed by atoms with E-state index in [1.807, 2.05) is 0 Å². The van der Waals surface area contributed by atoms with Crippen LogP contribution in [0.1, 0.15) is 5.56 Å². The van der Waals surface area contributed by atoms with E-state index >= 15 is 0 Å². The first-order valence-electron chi connectivity index (χ1n) is 4.00. The van der Waals surface area contributed by atoms with Gasteiger partial charge in [-0.1, -0.05) is 12.1 Å². The van der Waals surface area contributed by atoms with Crippen molar-refractivity contribution in [3.63, 3.8) is 0 Å². The Morgan fingerprint density at radius 2 is 1.73 bits per heavy atom. The summed E-state index contributed by atoms with van der Waals surface area (Å²) in [6, 6.07) is 5.77. The molecule has 0 unspecified atom stereocenters. The number of carbonyl (C=O) groups excluding carboxylic acids is 1. The average Bonchev–Trinajstić information content (AvgIpc) is 2.14. The zero-order valence-electron chi connectivity index (χ0n) is 7.75. The van der Waals surface area contributed by atoms with Crippen molar-refractivity contribution >= 4 is 22.0 Å². The van der Waals surface area contributed by atoms with Gasteiger partial charge in [0.2, 0.25) is 15.9 Å². The van der Waals surface area contributed by atoms with Crippen LogP contribution in [0, 0.1) is 0 Å². The van der Waals surface area contributed by atoms with E-state index in [2.05, 4.69) is 0 Å². The first-order valence-corrected chi connectivity index (χ1v) is 5.54. The zero-order valence-corrected chi connectivity index (χ0v) is 8.57. The molecule has 0 bridgehead atoms. The van der Waals surface area contributed by atoms with Crippen molar-refractivity contribution in [1.29, 1.82) is 0 Å². The molecule has 1 aromatic rings. The minimum absolute atomic E-state index is 0.0266. The Bertz CT molecular complexity index is 489. The number of hydrogen-bond acceptors (Lipinski definition) is 3. The molecular formula is C9H10N2O3S. The minimum atomic E-state index is -3.67. The monoisotopic (exact) mass is 226 g/mol. The van der Waals surface area contributed by atoms with E-state index in [9.17, 15) is 13.2 Å². The van der Waals surface area contributed by atoms with Crippen LogP contribution in [-0.2, 0) is 14.8 Å². The van der Waals surface area contributed by atoms with Crippen LogP contribution in [0.15, 0.2) is 35.2 Å². The quantitative estimate of drug-likeness (QED) is 0.699. The molecule has 0 saturated carbocycles. The van der Waals surface area contributed by atoms with Gasteiger partial charge < -0.3 is 5.73 Å². The van der Waals surface area contributed by atoms with Crippen LogP contribution < -0.4 is 10.9 Å². The molecule has 1 amide bonds. The topological polar surface area (TPSA) is 103 Å². The van der Waals surface area contributed by atoms with Crippen molar-refractivity contribution in [2.45, 2.75) is 4.90 Å². The molecule has 4 N–H and O–H groups in total. The number of nitrogens with two attached hydrogens (primary N) is 2. The maximum Gasteiger partial charge on any atom is 0.241 e. The van der Waals surface area contributed by atoms with Crippen molar-refractivity contribution < 1.29 is 13.2 Å². The molecular weight excluding hydrogens is 216 g/mol. The molecule has 0 fully saturated rings. The Kier molecular flexibility index (Phi) is 3.23. The average molecular weight is 226 g/mol. The van der Waals surface area contributed by atoms with Crippen LogP contribution >= 0.6 is 0 Å². The Morgan fingerprint density at radius 3 is 2.13 bits per heavy atom. The van der Waals surface area contributed by atoms with Crippen molar-refractivity contribution in [2.24, 2.45) is 10.9 Å². The number of primary amides is 1. The summed E-state index contributed by atoms with van der Waals surface area (Å²) in [4.78, 5) is 10.4. The van der Waals surface area contributed by atoms with Crippen LogP contribution in [0.2, 0.25) is 0 Å². The van der Waals surface area contributed by atoms with E-state index in [1.165, 1.54) is 36.4 Å². The predicted octanol–water partition coefficient (Wildman–Crippen LogP) is -0.167. The fourth-order valence-electron chi connectivity index (χ4n) is 0.947. The normalized spacial score (nSPS) is 11.8. The van der Waals surface area contributed by atoms with E-state index in [0.717, 1.165) is 0 Å². The van der Waals surface area contributed by atoms with Crippen LogP contribution in [0.5, 0.6) is 0 Å². The van der Waals surface area contributed by atoms with Crippen molar-refractivity contribution in [3.05, 3.63) is 35.9 Å². The largest absolute Gasteiger partial charge is 0.366 e. The number of rotatable bonds is 3. The first-order chi connectivity index (χ1) is 6.89. The Hall–Kier alpha value is -1.66. The summed E-state index contributed by atoms with van der Waals surface area (Å²) in [7, 11) is -3.67. The second kappa shape index (κ2) is 4.24. The highest BCUT2D eigenvalue weighted by Gasteiger charge is 2.05. The maximum atomic E-state index is 10.9. The fraction of sp³-hybridized carbons (Fsp3) is 0. The van der Waals surface area contributed by atoms with Crippen molar-refractivity contribution in [1.82, 2.24) is 0 Å². The summed E-state index contributed by atoms with van der Waals surface area (Å²) in [5, 5.41) is 4.91. The van der Waals surface area contributed by atoms with Gasteiger partial charge in [0.1, 0.15) is 0 Å². The van der Waals surface area contributed by atoms with Gasteiger partial charge in [-0.2, -0.15) is 0 Å². The molecule has 6 heteroatoms. The van der Waals surface area contributed by atoms with Crippen LogP contribution in [-0.4, -0.2) is 14.3 Å². The molecule has 80 valence electrons. The van der Waals surface area contributed by atoms with Gasteiger partial charge in [0.25, 0.3) is 0 Å². The number of benzene rings is 1. The van der Waals surface area contributed by atoms with Crippen LogP contribution in [0.4, 0.5) is 0 Å². The second-order valence-electron chi connectivity index (χ2n) is 2.85. The van der Waals surface area contributed by atoms with Gasteiger partial charge in [0, 0.05) is 6.08 Å². The molecule has 5 nitrogen and oxygen atoms in total. The molecule has 0 spiro atoms. The Morgan fingerprint density at radius 1 is 1.20 bits per heavy atom. The lowest BCUT2D eigenvalue weighted by Crippen LogP contribution is -2.11. The molecule has 1 aromatic carbocycles. The molecule has 0 radical (unpaired) electrons. The highest BCUT2D eigenvalue weighted by molar-refractivity contribution is 7.89. The minimum Gasteiger partial charge on any atom is -0.366 e. The lowest BCUT2D eigenvalue weighted by atomic mass is 10.2. The smallest absolute Gasteiger partial charge is 0.241 e. The van der Waals surface area contributed by atoms with Crippen molar-refractivity contribution in [2.75, 3.05) is 0 Å². The summed E-state index contributed by atoms with van der Waals surface area (Å²) >= 11 is 0. The van der Waals surface area contributed by atoms with Crippen LogP contribution in [0.3, 0.4) is 0 Å². The summed E-state index contributed by atoms with van der Waals surface area (Å²) < 4.78 is 21.8. The number of amides is 1. The highest BCUT2D eigenvalue weighted by Crippen LogP contribution is 2.09. The van der Waals surface area contributed by atoms with Gasteiger partial charge >= 0.3 is 0 Å². The van der Waals surface area contributed by atoms with E-state index in [4.69, 9.17) is 10.9 Å². The lowest BCUT2D eigenvalue weighted by molar-refractivity contribution is -0.113. The molecule has 0 aliphatic rings. The molecule has 0 aromatic heterocycles. The van der Waals surface area contributed by atoms with Gasteiger partial charge in [-0.15, -0.1) is 0 Å². The second-order valence-corrected chi connectivity index (χ2v) is 4.41. The predicted molar refractivity (Wildman–Crippen MR) is 56.0 cm³/mol. The molecule has 0 aliphatic carbocycles. The fourth-order valence-corrected chi connectivity index (χ4v) is 1.46. The third-order valence-electron chi connectivity index (χ3n) is 1.65. The van der Waals surface area contributed by atoms with Gasteiger partial charge in [-0.05, 0) is 23.8 Å². The molecule has 1 rings (SSSR count). The highest BCUT2D eigenvalue weighted by atomic mass is 32.2. The van der Waals surface area contributed by atoms with Crippen LogP contribution in [0.25, 0.3) is 6.08 Å². The Labute approximate surface area is 87.4 Å². The van der Waals surface area contributed by atoms with E-state index in [0.29, 0.717) is 5.56 Å². The summed E-state index contributed by atoms with van der Waals surface area (Å²) in [6.07, 6.45) is 2.67. The number of primary sulfonamides is 1.